The Hall–Kier alpha value is -2.82. The summed E-state index contributed by atoms with van der Waals surface area (Å²) < 4.78 is 37.2. The van der Waals surface area contributed by atoms with Crippen LogP contribution in [0.3, 0.4) is 0 Å². The van der Waals surface area contributed by atoms with Crippen molar-refractivity contribution in [3.05, 3.63) is 34.7 Å². The fraction of sp³-hybridized carbons (Fsp3) is 0.581. The second-order valence-electron chi connectivity index (χ2n) is 13.1. The molecule has 42 heavy (non-hydrogen) atoms. The first kappa shape index (κ1) is 26.8. The zero-order valence-corrected chi connectivity index (χ0v) is 24.0. The zero-order chi connectivity index (χ0) is 28.7. The summed E-state index contributed by atoms with van der Waals surface area (Å²) in [5, 5.41) is 21.8. The van der Waals surface area contributed by atoms with E-state index in [1.54, 1.807) is 6.20 Å². The standard InChI is InChI=1S/C31H34ClF2N5O3/c32-23-9-20(40)8-21(25(23)17-2-3-17)27-26(34)28-22(11-35-27)29(38-12-16-6-18(13-38)24(41)7-16)37-30(36-28)42-15-31-4-1-5-39(31)14-19(33)10-31/h8-9,11,16-19,24,40-41H,1-7,10,12-15H2/t16-,18-,19-,24-,31+/m1/s1. The molecule has 5 fully saturated rings. The van der Waals surface area contributed by atoms with Crippen LogP contribution in [0.4, 0.5) is 14.6 Å². The van der Waals surface area contributed by atoms with Gasteiger partial charge in [-0.2, -0.15) is 9.97 Å². The van der Waals surface area contributed by atoms with Gasteiger partial charge < -0.3 is 19.8 Å². The number of pyridine rings is 1. The molecule has 2 aliphatic carbocycles. The van der Waals surface area contributed by atoms with Gasteiger partial charge in [0.05, 0.1) is 17.0 Å². The number of halogens is 3. The van der Waals surface area contributed by atoms with Crippen LogP contribution in [0.5, 0.6) is 11.8 Å². The molecule has 222 valence electrons. The van der Waals surface area contributed by atoms with E-state index in [1.165, 1.54) is 12.1 Å². The Morgan fingerprint density at radius 2 is 2.00 bits per heavy atom. The first-order valence-electron chi connectivity index (χ1n) is 15.1. The number of benzene rings is 1. The molecule has 5 atom stereocenters. The van der Waals surface area contributed by atoms with E-state index in [-0.39, 0.29) is 47.5 Å². The van der Waals surface area contributed by atoms with E-state index in [4.69, 9.17) is 21.3 Å². The second kappa shape index (κ2) is 9.86. The highest BCUT2D eigenvalue weighted by Crippen LogP contribution is 2.49. The molecular formula is C31H34ClF2N5O3. The third-order valence-corrected chi connectivity index (χ3v) is 10.5. The van der Waals surface area contributed by atoms with E-state index in [2.05, 4.69) is 19.8 Å². The van der Waals surface area contributed by atoms with Gasteiger partial charge in [0.25, 0.3) is 0 Å². The normalized spacial score (nSPS) is 30.8. The van der Waals surface area contributed by atoms with Gasteiger partial charge in [-0.1, -0.05) is 11.6 Å². The Morgan fingerprint density at radius 3 is 2.81 bits per heavy atom. The number of aliphatic hydroxyl groups excluding tert-OH is 1. The molecule has 3 aliphatic heterocycles. The van der Waals surface area contributed by atoms with Gasteiger partial charge in [-0.05, 0) is 74.6 Å². The van der Waals surface area contributed by atoms with Crippen LogP contribution in [0.2, 0.25) is 5.02 Å². The number of rotatable bonds is 6. The average molecular weight is 598 g/mol. The van der Waals surface area contributed by atoms with Gasteiger partial charge in [-0.15, -0.1) is 0 Å². The van der Waals surface area contributed by atoms with Gasteiger partial charge in [-0.3, -0.25) is 9.88 Å². The van der Waals surface area contributed by atoms with E-state index >= 15 is 4.39 Å². The highest BCUT2D eigenvalue weighted by atomic mass is 35.5. The summed E-state index contributed by atoms with van der Waals surface area (Å²) in [6.45, 7) is 2.77. The number of nitrogens with zero attached hydrogens (tertiary/aromatic N) is 5. The molecule has 8 rings (SSSR count). The van der Waals surface area contributed by atoms with Crippen LogP contribution >= 0.6 is 11.6 Å². The molecule has 2 bridgehead atoms. The van der Waals surface area contributed by atoms with Gasteiger partial charge in [0.1, 0.15) is 35.6 Å². The van der Waals surface area contributed by atoms with Crippen LogP contribution < -0.4 is 9.64 Å². The summed E-state index contributed by atoms with van der Waals surface area (Å²) in [7, 11) is 0. The lowest BCUT2D eigenvalue weighted by Crippen LogP contribution is -2.43. The maximum absolute atomic E-state index is 16.6. The van der Waals surface area contributed by atoms with Crippen LogP contribution in [0, 0.1) is 17.7 Å². The Morgan fingerprint density at radius 1 is 1.14 bits per heavy atom. The quantitative estimate of drug-likeness (QED) is 0.399. The summed E-state index contributed by atoms with van der Waals surface area (Å²) in [5.74, 6) is 0.486. The number of piperidine rings is 1. The Kier molecular flexibility index (Phi) is 6.28. The molecule has 0 radical (unpaired) electrons. The second-order valence-corrected chi connectivity index (χ2v) is 13.5. The number of phenols is 1. The maximum atomic E-state index is 16.6. The lowest BCUT2D eigenvalue weighted by molar-refractivity contribution is 0.107. The first-order valence-corrected chi connectivity index (χ1v) is 15.5. The van der Waals surface area contributed by atoms with Crippen LogP contribution in [-0.4, -0.2) is 80.7 Å². The lowest BCUT2D eigenvalue weighted by atomic mass is 9.95. The summed E-state index contributed by atoms with van der Waals surface area (Å²) in [5.41, 5.74) is 1.00. The third kappa shape index (κ3) is 4.40. The van der Waals surface area contributed by atoms with Crippen molar-refractivity contribution < 1.29 is 23.7 Å². The summed E-state index contributed by atoms with van der Waals surface area (Å²) in [4.78, 5) is 18.2. The Balaban J connectivity index is 1.23. The minimum absolute atomic E-state index is 0.0481. The van der Waals surface area contributed by atoms with Crippen molar-refractivity contribution in [1.82, 2.24) is 19.9 Å². The average Bonchev–Trinajstić information content (AvgIpc) is 3.57. The van der Waals surface area contributed by atoms with Crippen molar-refractivity contribution >= 4 is 28.3 Å². The largest absolute Gasteiger partial charge is 0.508 e. The molecule has 0 unspecified atom stereocenters. The number of hydrogen-bond acceptors (Lipinski definition) is 8. The van der Waals surface area contributed by atoms with Crippen LogP contribution in [0.1, 0.15) is 56.4 Å². The molecule has 5 heterocycles. The number of aromatic hydroxyl groups is 1. The molecule has 2 aromatic heterocycles. The fourth-order valence-electron chi connectivity index (χ4n) is 8.15. The van der Waals surface area contributed by atoms with Crippen molar-refractivity contribution in [2.75, 3.05) is 37.7 Å². The maximum Gasteiger partial charge on any atom is 0.319 e. The zero-order valence-electron chi connectivity index (χ0n) is 23.3. The van der Waals surface area contributed by atoms with Gasteiger partial charge in [0.15, 0.2) is 5.82 Å². The molecule has 2 saturated carbocycles. The summed E-state index contributed by atoms with van der Waals surface area (Å²) >= 11 is 6.53. The predicted molar refractivity (Wildman–Crippen MR) is 154 cm³/mol. The molecule has 0 amide bonds. The Bertz CT molecular complexity index is 1570. The number of aliphatic hydroxyl groups is 1. The van der Waals surface area contributed by atoms with E-state index in [0.717, 1.165) is 50.6 Å². The van der Waals surface area contributed by atoms with Gasteiger partial charge in [-0.25, -0.2) is 8.78 Å². The number of alkyl halides is 1. The minimum Gasteiger partial charge on any atom is -0.508 e. The first-order chi connectivity index (χ1) is 20.3. The van der Waals surface area contributed by atoms with Gasteiger partial charge >= 0.3 is 6.01 Å². The van der Waals surface area contributed by atoms with E-state index in [0.29, 0.717) is 53.8 Å². The molecule has 3 saturated heterocycles. The van der Waals surface area contributed by atoms with Crippen molar-refractivity contribution in [2.45, 2.75) is 68.7 Å². The summed E-state index contributed by atoms with van der Waals surface area (Å²) in [6, 6.07) is 3.05. The van der Waals surface area contributed by atoms with Crippen molar-refractivity contribution in [3.63, 3.8) is 0 Å². The molecular weight excluding hydrogens is 564 g/mol. The number of anilines is 1. The van der Waals surface area contributed by atoms with Crippen molar-refractivity contribution in [2.24, 2.45) is 11.8 Å². The van der Waals surface area contributed by atoms with Crippen molar-refractivity contribution in [3.8, 4) is 23.0 Å². The Labute approximate surface area is 247 Å². The highest BCUT2D eigenvalue weighted by Gasteiger charge is 2.49. The van der Waals surface area contributed by atoms with Crippen LogP contribution in [0.25, 0.3) is 22.2 Å². The predicted octanol–water partition coefficient (Wildman–Crippen LogP) is 5.23. The fourth-order valence-corrected chi connectivity index (χ4v) is 8.52. The number of fused-ring (bicyclic) bond motifs is 4. The molecule has 3 aromatic rings. The van der Waals surface area contributed by atoms with Crippen LogP contribution in [0.15, 0.2) is 18.3 Å². The minimum atomic E-state index is -0.891. The molecule has 11 heteroatoms. The molecule has 1 aromatic carbocycles. The molecule has 5 aliphatic rings. The molecule has 2 N–H and O–H groups in total. The highest BCUT2D eigenvalue weighted by molar-refractivity contribution is 6.32. The number of aromatic nitrogens is 3. The number of ether oxygens (including phenoxy) is 1. The SMILES string of the molecule is Oc1cc(Cl)c(C2CC2)c(-c2ncc3c(N4C[C@@H]5C[C@H](C4)[C@H](O)C5)nc(OC[C@@]45CCCN4C[C@H](F)C5)nc3c2F)c1. The van der Waals surface area contributed by atoms with Gasteiger partial charge in [0.2, 0.25) is 0 Å². The third-order valence-electron chi connectivity index (χ3n) is 10.2. The van der Waals surface area contributed by atoms with Crippen molar-refractivity contribution in [1.29, 1.82) is 0 Å². The topological polar surface area (TPSA) is 94.8 Å². The molecule has 8 nitrogen and oxygen atoms in total. The number of hydrogen-bond donors (Lipinski definition) is 2. The lowest BCUT2D eigenvalue weighted by Gasteiger charge is -2.34. The van der Waals surface area contributed by atoms with E-state index < -0.39 is 17.5 Å². The summed E-state index contributed by atoms with van der Waals surface area (Å²) in [6.07, 6.45) is 6.17. The van der Waals surface area contributed by atoms with E-state index in [1.807, 2.05) is 0 Å². The van der Waals surface area contributed by atoms with Gasteiger partial charge in [0, 0.05) is 48.8 Å². The smallest absolute Gasteiger partial charge is 0.319 e. The molecule has 0 spiro atoms. The van der Waals surface area contributed by atoms with E-state index in [9.17, 15) is 14.6 Å². The number of phenolic OH excluding ortho intramolecular Hbond substituents is 1. The van der Waals surface area contributed by atoms with Crippen LogP contribution in [-0.2, 0) is 0 Å². The monoisotopic (exact) mass is 597 g/mol.